The maximum Gasteiger partial charge on any atom is 0.338 e. The van der Waals surface area contributed by atoms with Crippen LogP contribution in [0.15, 0.2) is 0 Å². The number of ether oxygens (including phenoxy) is 12. The first-order chi connectivity index (χ1) is 30.0. The van der Waals surface area contributed by atoms with Gasteiger partial charge in [0.05, 0.1) is 78.8 Å². The number of hydrogen-bond acceptors (Lipinski definition) is 16. The maximum absolute atomic E-state index is 12.0. The van der Waals surface area contributed by atoms with E-state index in [1.54, 1.807) is 35.0 Å². The minimum Gasteiger partial charge on any atom is -0.479 e. The second-order valence-electron chi connectivity index (χ2n) is 21.0. The molecule has 24 atom stereocenters. The summed E-state index contributed by atoms with van der Waals surface area (Å²) in [6, 6.07) is 0. The van der Waals surface area contributed by atoms with Crippen molar-refractivity contribution >= 4 is 5.97 Å². The van der Waals surface area contributed by atoms with Crippen LogP contribution >= 0.6 is 0 Å². The normalized spacial score (nSPS) is 54.1. The number of aliphatic carboxylic acids is 1. The van der Waals surface area contributed by atoms with Crippen molar-refractivity contribution in [1.82, 2.24) is 0 Å². The molecule has 0 aromatic carbocycles. The second-order valence-corrected chi connectivity index (χ2v) is 21.0. The van der Waals surface area contributed by atoms with E-state index in [-0.39, 0.29) is 78.9 Å². The van der Waals surface area contributed by atoms with Crippen molar-refractivity contribution in [3.8, 4) is 0 Å². The molecule has 7 saturated heterocycles. The molecular formula is C47H80O17. The Hall–Kier alpha value is -1.13. The fraction of sp³-hybridized carbons (Fsp3) is 0.979. The smallest absolute Gasteiger partial charge is 0.338 e. The van der Waals surface area contributed by atoms with Crippen LogP contribution in [-0.4, -0.2) is 169 Å². The van der Waals surface area contributed by atoms with Crippen molar-refractivity contribution < 1.29 is 82.1 Å². The van der Waals surface area contributed by atoms with E-state index < -0.39 is 77.3 Å². The van der Waals surface area contributed by atoms with E-state index in [1.165, 1.54) is 14.2 Å². The van der Waals surface area contributed by atoms with Crippen molar-refractivity contribution in [2.75, 3.05) is 28.4 Å². The molecule has 0 saturated carbocycles. The summed E-state index contributed by atoms with van der Waals surface area (Å²) in [6.07, 6.45) is -0.902. The Labute approximate surface area is 379 Å². The zero-order chi connectivity index (χ0) is 46.9. The molecule has 64 heavy (non-hydrogen) atoms. The highest BCUT2D eigenvalue weighted by Crippen LogP contribution is 2.56. The number of aliphatic hydroxyl groups excluding tert-OH is 1. The lowest BCUT2D eigenvalue weighted by Gasteiger charge is -2.56. The minimum atomic E-state index is -2.47. The number of hydrogen-bond donors (Lipinski definition) is 4. The lowest BCUT2D eigenvalue weighted by molar-refractivity contribution is -0.389. The third-order valence-electron chi connectivity index (χ3n) is 17.1. The Balaban J connectivity index is 1.02. The standard InChI is InChI=1S/C47H80O17/c1-23-22-43(7,64-47(23)25(3)34(54-11)20-29(61-47)21-36-44(8,56-13)41(55-12)27(5)46(52,62-36)40(48)42(49)50)35-18-16-32(59-35)31-14-15-33(58-31)39-24(2)38(26(4)45(9,51)63-39)60-37-19-17-30(53-10)28(6)57-37/h23-41,48,51-52H,14-22H2,1-13H3,(H,49,50). The Morgan fingerprint density at radius 3 is 2.03 bits per heavy atom. The average Bonchev–Trinajstić information content (AvgIpc) is 4.00. The second kappa shape index (κ2) is 19.0. The molecule has 7 aliphatic rings. The SMILES string of the molecule is COC1CCC(OC2C(C)C(C3CCC(C4CCC(C5(C)CC(C)C6(OC(CC7OC(O)(C(O)C(=O)O)C(C)C(OC)C7(C)OC)CC(OC)C6C)O5)O4)O3)OC(C)(O)C2C)OC1C. The minimum absolute atomic E-state index is 0.0271. The van der Waals surface area contributed by atoms with Crippen molar-refractivity contribution in [3.63, 3.8) is 0 Å². The highest BCUT2D eigenvalue weighted by atomic mass is 16.7. The van der Waals surface area contributed by atoms with Crippen LogP contribution in [0, 0.1) is 29.6 Å². The van der Waals surface area contributed by atoms with Crippen LogP contribution in [-0.2, 0) is 61.6 Å². The molecule has 24 unspecified atom stereocenters. The predicted octanol–water partition coefficient (Wildman–Crippen LogP) is 4.32. The molecule has 7 fully saturated rings. The number of carboxylic acid groups (broad SMARTS) is 1. The van der Waals surface area contributed by atoms with Crippen LogP contribution < -0.4 is 0 Å². The predicted molar refractivity (Wildman–Crippen MR) is 228 cm³/mol. The van der Waals surface area contributed by atoms with Crippen LogP contribution in [0.5, 0.6) is 0 Å². The molecule has 7 aliphatic heterocycles. The van der Waals surface area contributed by atoms with E-state index in [0.29, 0.717) is 19.3 Å². The van der Waals surface area contributed by atoms with E-state index in [4.69, 9.17) is 56.8 Å². The van der Waals surface area contributed by atoms with E-state index in [1.807, 2.05) is 13.8 Å². The first kappa shape index (κ1) is 50.7. The molecule has 0 radical (unpaired) electrons. The van der Waals surface area contributed by atoms with Gasteiger partial charge in [-0.05, 0) is 66.2 Å². The van der Waals surface area contributed by atoms with Gasteiger partial charge in [0, 0.05) is 77.3 Å². The van der Waals surface area contributed by atoms with Crippen LogP contribution in [0.3, 0.4) is 0 Å². The summed E-state index contributed by atoms with van der Waals surface area (Å²) in [6.45, 7) is 17.5. The van der Waals surface area contributed by atoms with E-state index in [0.717, 1.165) is 32.1 Å². The monoisotopic (exact) mass is 917 g/mol. The Bertz CT molecular complexity index is 1600. The fourth-order valence-electron chi connectivity index (χ4n) is 13.0. The van der Waals surface area contributed by atoms with Gasteiger partial charge >= 0.3 is 5.97 Å². The maximum atomic E-state index is 12.0. The van der Waals surface area contributed by atoms with Crippen molar-refractivity contribution in [1.29, 1.82) is 0 Å². The zero-order valence-electron chi connectivity index (χ0n) is 40.4. The molecule has 370 valence electrons. The number of aliphatic hydroxyl groups is 3. The van der Waals surface area contributed by atoms with Crippen LogP contribution in [0.1, 0.15) is 120 Å². The highest BCUT2D eigenvalue weighted by molar-refractivity contribution is 5.73. The summed E-state index contributed by atoms with van der Waals surface area (Å²) in [4.78, 5) is 12.0. The van der Waals surface area contributed by atoms with Gasteiger partial charge in [-0.25, -0.2) is 4.79 Å². The van der Waals surface area contributed by atoms with E-state index >= 15 is 0 Å². The summed E-state index contributed by atoms with van der Waals surface area (Å²) in [7, 11) is 6.35. The molecule has 7 heterocycles. The van der Waals surface area contributed by atoms with Crippen molar-refractivity contribution in [2.24, 2.45) is 29.6 Å². The molecular weight excluding hydrogens is 837 g/mol. The molecule has 17 nitrogen and oxygen atoms in total. The lowest BCUT2D eigenvalue weighted by Crippen LogP contribution is -2.72. The third-order valence-corrected chi connectivity index (χ3v) is 17.1. The molecule has 0 aromatic heterocycles. The van der Waals surface area contributed by atoms with Gasteiger partial charge in [0.15, 0.2) is 17.9 Å². The lowest BCUT2D eigenvalue weighted by atomic mass is 9.73. The Morgan fingerprint density at radius 1 is 0.750 bits per heavy atom. The Morgan fingerprint density at radius 2 is 1.41 bits per heavy atom. The van der Waals surface area contributed by atoms with Gasteiger partial charge < -0.3 is 77.3 Å². The fourth-order valence-corrected chi connectivity index (χ4v) is 13.0. The molecule has 0 aromatic rings. The number of carbonyl (C=O) groups is 1. The van der Waals surface area contributed by atoms with E-state index in [2.05, 4.69) is 27.7 Å². The molecule has 4 N–H and O–H groups in total. The summed E-state index contributed by atoms with van der Waals surface area (Å²) >= 11 is 0. The van der Waals surface area contributed by atoms with Gasteiger partial charge in [-0.3, -0.25) is 0 Å². The van der Waals surface area contributed by atoms with Gasteiger partial charge in [0.2, 0.25) is 11.9 Å². The first-order valence-electron chi connectivity index (χ1n) is 23.9. The third kappa shape index (κ3) is 8.87. The van der Waals surface area contributed by atoms with Gasteiger partial charge in [-0.15, -0.1) is 0 Å². The summed E-state index contributed by atoms with van der Waals surface area (Å²) in [5.41, 5.74) is -1.87. The molecule has 0 bridgehead atoms. The number of rotatable bonds is 13. The molecule has 0 amide bonds. The van der Waals surface area contributed by atoms with Gasteiger partial charge in [-0.1, -0.05) is 34.6 Å². The number of carboxylic acids is 1. The topological polar surface area (TPSA) is 209 Å². The van der Waals surface area contributed by atoms with Crippen molar-refractivity contribution in [3.05, 3.63) is 0 Å². The van der Waals surface area contributed by atoms with Crippen LogP contribution in [0.4, 0.5) is 0 Å². The van der Waals surface area contributed by atoms with Crippen LogP contribution in [0.2, 0.25) is 0 Å². The van der Waals surface area contributed by atoms with Gasteiger partial charge in [0.1, 0.15) is 5.60 Å². The summed E-state index contributed by atoms with van der Waals surface area (Å²) in [5, 5.41) is 43.7. The van der Waals surface area contributed by atoms with Gasteiger partial charge in [-0.2, -0.15) is 0 Å². The van der Waals surface area contributed by atoms with E-state index in [9.17, 15) is 25.2 Å². The molecule has 0 aliphatic carbocycles. The summed E-state index contributed by atoms with van der Waals surface area (Å²) < 4.78 is 77.2. The average molecular weight is 917 g/mol. The zero-order valence-corrected chi connectivity index (χ0v) is 40.4. The van der Waals surface area contributed by atoms with Gasteiger partial charge in [0.25, 0.3) is 0 Å². The molecule has 17 heteroatoms. The first-order valence-corrected chi connectivity index (χ1v) is 23.9. The Kier molecular flexibility index (Phi) is 15.1. The number of methoxy groups -OCH3 is 4. The largest absolute Gasteiger partial charge is 0.479 e. The molecule has 7 rings (SSSR count). The molecule has 1 spiro atoms. The quantitative estimate of drug-likeness (QED) is 0.203. The highest BCUT2D eigenvalue weighted by Gasteiger charge is 2.66. The van der Waals surface area contributed by atoms with Crippen LogP contribution in [0.25, 0.3) is 0 Å². The summed E-state index contributed by atoms with van der Waals surface area (Å²) in [5.74, 6) is -8.20. The van der Waals surface area contributed by atoms with Crippen molar-refractivity contribution in [2.45, 2.75) is 234 Å².